The smallest absolute Gasteiger partial charge is 0.407 e. The van der Waals surface area contributed by atoms with E-state index in [1.807, 2.05) is 12.1 Å². The molecule has 1 heterocycles. The monoisotopic (exact) mass is 395 g/mol. The van der Waals surface area contributed by atoms with E-state index >= 15 is 0 Å². The highest BCUT2D eigenvalue weighted by Gasteiger charge is 2.67. The van der Waals surface area contributed by atoms with Crippen LogP contribution in [-0.2, 0) is 20.2 Å². The van der Waals surface area contributed by atoms with Crippen molar-refractivity contribution in [3.05, 3.63) is 29.8 Å². The Morgan fingerprint density at radius 1 is 1.30 bits per heavy atom. The number of rotatable bonds is 8. The summed E-state index contributed by atoms with van der Waals surface area (Å²) in [7, 11) is -3.28. The molecule has 8 heteroatoms. The number of likely N-dealkylation sites (tertiary alicyclic amines) is 1. The maximum Gasteiger partial charge on any atom is 0.407 e. The third-order valence-corrected chi connectivity index (χ3v) is 6.48. The molecule has 2 unspecified atom stereocenters. The van der Waals surface area contributed by atoms with Crippen LogP contribution < -0.4 is 10.0 Å². The first-order valence-corrected chi connectivity index (χ1v) is 11.4. The number of carbonyl (C=O) groups is 1. The van der Waals surface area contributed by atoms with Gasteiger partial charge in [0.25, 0.3) is 0 Å². The van der Waals surface area contributed by atoms with E-state index in [0.29, 0.717) is 30.7 Å². The highest BCUT2D eigenvalue weighted by molar-refractivity contribution is 7.92. The van der Waals surface area contributed by atoms with Crippen LogP contribution in [0.2, 0.25) is 0 Å². The van der Waals surface area contributed by atoms with E-state index in [9.17, 15) is 13.2 Å². The van der Waals surface area contributed by atoms with Crippen LogP contribution in [-0.4, -0.2) is 58.5 Å². The zero-order valence-corrected chi connectivity index (χ0v) is 17.0. The van der Waals surface area contributed by atoms with Gasteiger partial charge in [-0.25, -0.2) is 13.2 Å². The number of ether oxygens (including phenoxy) is 1. The lowest BCUT2D eigenvalue weighted by molar-refractivity contribution is 0.150. The molecule has 1 amide bonds. The molecule has 1 saturated carbocycles. The molecule has 1 saturated heterocycles. The van der Waals surface area contributed by atoms with Crippen molar-refractivity contribution in [2.24, 2.45) is 11.8 Å². The molecule has 0 spiro atoms. The van der Waals surface area contributed by atoms with Gasteiger partial charge < -0.3 is 15.0 Å². The molecule has 1 aromatic rings. The Morgan fingerprint density at radius 3 is 2.59 bits per heavy atom. The van der Waals surface area contributed by atoms with Crippen LogP contribution in [0, 0.1) is 11.8 Å². The standard InChI is InChI=1S/C19H29N3O4S/c1-4-19(14-7-6-8-15(11-14)21-27(3,24)25)16-12-22(13-17(16)19)10-9-20-18(23)26-5-2/h6-8,11,16-17,21H,4-5,9-10,12-13H2,1-3H3,(H,20,23). The second-order valence-electron chi connectivity index (χ2n) is 7.47. The van der Waals surface area contributed by atoms with Crippen LogP contribution in [0.4, 0.5) is 10.5 Å². The summed E-state index contributed by atoms with van der Waals surface area (Å²) >= 11 is 0. The van der Waals surface area contributed by atoms with Gasteiger partial charge in [-0.05, 0) is 42.9 Å². The molecule has 0 aromatic heterocycles. The van der Waals surface area contributed by atoms with Crippen molar-refractivity contribution in [1.82, 2.24) is 10.2 Å². The predicted octanol–water partition coefficient (Wildman–Crippen LogP) is 2.01. The van der Waals surface area contributed by atoms with Crippen LogP contribution in [0.25, 0.3) is 0 Å². The Morgan fingerprint density at radius 2 is 2.00 bits per heavy atom. The number of hydrogen-bond acceptors (Lipinski definition) is 5. The first-order chi connectivity index (χ1) is 12.8. The minimum absolute atomic E-state index is 0.139. The molecule has 2 atom stereocenters. The molecule has 1 aliphatic carbocycles. The van der Waals surface area contributed by atoms with Crippen LogP contribution in [0.5, 0.6) is 0 Å². The van der Waals surface area contributed by atoms with Gasteiger partial charge in [-0.15, -0.1) is 0 Å². The minimum Gasteiger partial charge on any atom is -0.450 e. The Hall–Kier alpha value is -1.80. The summed E-state index contributed by atoms with van der Waals surface area (Å²) in [5.74, 6) is 1.16. The number of alkyl carbamates (subject to hydrolysis) is 1. The summed E-state index contributed by atoms with van der Waals surface area (Å²) in [6.07, 6.45) is 1.85. The first-order valence-electron chi connectivity index (χ1n) is 9.51. The van der Waals surface area contributed by atoms with Gasteiger partial charge >= 0.3 is 6.09 Å². The maximum absolute atomic E-state index is 11.5. The average Bonchev–Trinajstić information content (AvgIpc) is 2.97. The minimum atomic E-state index is -3.28. The van der Waals surface area contributed by atoms with E-state index in [0.717, 1.165) is 26.1 Å². The zero-order valence-electron chi connectivity index (χ0n) is 16.2. The summed E-state index contributed by atoms with van der Waals surface area (Å²) in [6.45, 7) is 7.80. The van der Waals surface area contributed by atoms with Gasteiger partial charge in [0.05, 0.1) is 12.9 Å². The van der Waals surface area contributed by atoms with Crippen molar-refractivity contribution in [3.8, 4) is 0 Å². The first kappa shape index (κ1) is 19.9. The molecular formula is C19H29N3O4S. The number of fused-ring (bicyclic) bond motifs is 1. The number of piperidine rings is 1. The fourth-order valence-corrected chi connectivity index (χ4v) is 5.29. The van der Waals surface area contributed by atoms with Gasteiger partial charge in [-0.1, -0.05) is 19.1 Å². The van der Waals surface area contributed by atoms with Crippen molar-refractivity contribution >= 4 is 21.8 Å². The van der Waals surface area contributed by atoms with Crippen LogP contribution in [0.1, 0.15) is 25.8 Å². The molecule has 0 bridgehead atoms. The molecule has 1 aliphatic heterocycles. The quantitative estimate of drug-likeness (QED) is 0.703. The summed E-state index contributed by atoms with van der Waals surface area (Å²) in [5.41, 5.74) is 1.99. The van der Waals surface area contributed by atoms with Crippen LogP contribution in [0.15, 0.2) is 24.3 Å². The highest BCUT2D eigenvalue weighted by Crippen LogP contribution is 2.65. The third-order valence-electron chi connectivity index (χ3n) is 5.87. The highest BCUT2D eigenvalue weighted by atomic mass is 32.2. The topological polar surface area (TPSA) is 87.7 Å². The summed E-state index contributed by atoms with van der Waals surface area (Å²) < 4.78 is 30.5. The Kier molecular flexibility index (Phi) is 5.67. The second kappa shape index (κ2) is 7.67. The van der Waals surface area contributed by atoms with Crippen molar-refractivity contribution in [2.75, 3.05) is 43.8 Å². The third kappa shape index (κ3) is 4.21. The molecule has 150 valence electrons. The summed E-state index contributed by atoms with van der Waals surface area (Å²) in [5, 5.41) is 2.77. The number of anilines is 1. The second-order valence-corrected chi connectivity index (χ2v) is 9.22. The molecule has 0 radical (unpaired) electrons. The van der Waals surface area contributed by atoms with E-state index in [-0.39, 0.29) is 11.5 Å². The Balaban J connectivity index is 1.59. The lowest BCUT2D eigenvalue weighted by Crippen LogP contribution is -2.37. The van der Waals surface area contributed by atoms with Gasteiger partial charge in [0.1, 0.15) is 0 Å². The van der Waals surface area contributed by atoms with Crippen LogP contribution in [0.3, 0.4) is 0 Å². The number of amides is 1. The summed E-state index contributed by atoms with van der Waals surface area (Å²) in [4.78, 5) is 13.7. The zero-order chi connectivity index (χ0) is 19.7. The number of sulfonamides is 1. The number of hydrogen-bond donors (Lipinski definition) is 2. The number of benzene rings is 1. The molecule has 2 N–H and O–H groups in total. The van der Waals surface area contributed by atoms with Gasteiger partial charge in [0.2, 0.25) is 10.0 Å². The number of nitrogens with one attached hydrogen (secondary N) is 2. The van der Waals surface area contributed by atoms with Gasteiger partial charge in [-0.2, -0.15) is 0 Å². The molecule has 2 aliphatic rings. The lowest BCUT2D eigenvalue weighted by atomic mass is 9.87. The predicted molar refractivity (Wildman–Crippen MR) is 105 cm³/mol. The van der Waals surface area contributed by atoms with Gasteiger partial charge in [-0.3, -0.25) is 4.72 Å². The molecule has 27 heavy (non-hydrogen) atoms. The van der Waals surface area contributed by atoms with Gasteiger partial charge in [0.15, 0.2) is 0 Å². The molecule has 2 fully saturated rings. The molecule has 1 aromatic carbocycles. The molecule has 3 rings (SSSR count). The number of nitrogens with zero attached hydrogens (tertiary/aromatic N) is 1. The summed E-state index contributed by atoms with van der Waals surface area (Å²) in [6, 6.07) is 7.81. The van der Waals surface area contributed by atoms with E-state index in [1.165, 1.54) is 11.8 Å². The van der Waals surface area contributed by atoms with Gasteiger partial charge in [0, 0.05) is 37.3 Å². The Bertz CT molecular complexity index is 784. The van der Waals surface area contributed by atoms with Crippen molar-refractivity contribution < 1.29 is 17.9 Å². The van der Waals surface area contributed by atoms with E-state index in [4.69, 9.17) is 4.74 Å². The fraction of sp³-hybridized carbons (Fsp3) is 0.632. The molecular weight excluding hydrogens is 366 g/mol. The van der Waals surface area contributed by atoms with E-state index < -0.39 is 10.0 Å². The van der Waals surface area contributed by atoms with Crippen molar-refractivity contribution in [1.29, 1.82) is 0 Å². The SMILES string of the molecule is CCOC(=O)NCCN1CC2C(C1)C2(CC)c1cccc(NS(C)(=O)=O)c1. The molecule has 7 nitrogen and oxygen atoms in total. The normalized spacial score (nSPS) is 27.1. The van der Waals surface area contributed by atoms with E-state index in [2.05, 4.69) is 27.9 Å². The van der Waals surface area contributed by atoms with Crippen molar-refractivity contribution in [3.63, 3.8) is 0 Å². The van der Waals surface area contributed by atoms with E-state index in [1.54, 1.807) is 13.0 Å². The number of carbonyl (C=O) groups excluding carboxylic acids is 1. The lowest BCUT2D eigenvalue weighted by Gasteiger charge is -2.26. The Labute approximate surface area is 161 Å². The fourth-order valence-electron chi connectivity index (χ4n) is 4.74. The largest absolute Gasteiger partial charge is 0.450 e. The maximum atomic E-state index is 11.5. The average molecular weight is 396 g/mol. The van der Waals surface area contributed by atoms with Crippen LogP contribution >= 0.6 is 0 Å². The van der Waals surface area contributed by atoms with Crippen molar-refractivity contribution in [2.45, 2.75) is 25.7 Å².